The highest BCUT2D eigenvalue weighted by Gasteiger charge is 2.26. The SMILES string of the molecule is Cc1ccc(SCCNC(=O)C2CCCN(Cc3nc(-c4ccccc4C)no3)C2)cc1. The lowest BCUT2D eigenvalue weighted by Gasteiger charge is -2.30. The van der Waals surface area contributed by atoms with Crippen molar-refractivity contribution in [3.8, 4) is 11.4 Å². The Labute approximate surface area is 193 Å². The molecule has 1 unspecified atom stereocenters. The van der Waals surface area contributed by atoms with Crippen molar-refractivity contribution >= 4 is 17.7 Å². The fourth-order valence-corrected chi connectivity index (χ4v) is 4.75. The first-order valence-electron chi connectivity index (χ1n) is 11.2. The fraction of sp³-hybridized carbons (Fsp3) is 0.400. The van der Waals surface area contributed by atoms with Gasteiger partial charge in [0.2, 0.25) is 17.6 Å². The van der Waals surface area contributed by atoms with Gasteiger partial charge in [-0.2, -0.15) is 4.98 Å². The summed E-state index contributed by atoms with van der Waals surface area (Å²) in [5, 5.41) is 7.26. The number of aromatic nitrogens is 2. The van der Waals surface area contributed by atoms with E-state index in [-0.39, 0.29) is 11.8 Å². The second-order valence-electron chi connectivity index (χ2n) is 8.35. The molecule has 2 aromatic carbocycles. The Kier molecular flexibility index (Phi) is 7.60. The summed E-state index contributed by atoms with van der Waals surface area (Å²) in [5.41, 5.74) is 3.37. The van der Waals surface area contributed by atoms with E-state index in [0.29, 0.717) is 24.8 Å². The largest absolute Gasteiger partial charge is 0.355 e. The van der Waals surface area contributed by atoms with E-state index in [1.165, 1.54) is 10.5 Å². The maximum atomic E-state index is 12.7. The van der Waals surface area contributed by atoms with Crippen LogP contribution in [-0.4, -0.2) is 46.3 Å². The molecule has 168 valence electrons. The van der Waals surface area contributed by atoms with Crippen molar-refractivity contribution in [1.29, 1.82) is 0 Å². The van der Waals surface area contributed by atoms with E-state index in [2.05, 4.69) is 51.5 Å². The third-order valence-corrected chi connectivity index (χ3v) is 6.79. The number of piperidine rings is 1. The summed E-state index contributed by atoms with van der Waals surface area (Å²) in [4.78, 5) is 20.7. The van der Waals surface area contributed by atoms with Crippen molar-refractivity contribution in [3.63, 3.8) is 0 Å². The van der Waals surface area contributed by atoms with E-state index in [4.69, 9.17) is 4.52 Å². The molecule has 0 radical (unpaired) electrons. The topological polar surface area (TPSA) is 71.3 Å². The summed E-state index contributed by atoms with van der Waals surface area (Å²) < 4.78 is 5.50. The number of thioether (sulfide) groups is 1. The highest BCUT2D eigenvalue weighted by atomic mass is 32.2. The molecule has 32 heavy (non-hydrogen) atoms. The van der Waals surface area contributed by atoms with Crippen LogP contribution in [0.2, 0.25) is 0 Å². The molecule has 6 nitrogen and oxygen atoms in total. The van der Waals surface area contributed by atoms with E-state index >= 15 is 0 Å². The zero-order valence-electron chi connectivity index (χ0n) is 18.7. The maximum absolute atomic E-state index is 12.7. The number of likely N-dealkylation sites (tertiary alicyclic amines) is 1. The standard InChI is InChI=1S/C25H30N4O2S/c1-18-9-11-21(12-10-18)32-15-13-26-25(30)20-7-5-14-29(16-20)17-23-27-24(28-31-23)22-8-4-3-6-19(22)2/h3-4,6,8-12,20H,5,7,13-17H2,1-2H3,(H,26,30). The number of benzene rings is 2. The van der Waals surface area contributed by atoms with Crippen molar-refractivity contribution in [3.05, 3.63) is 65.5 Å². The minimum atomic E-state index is 0.00637. The Bertz CT molecular complexity index is 1030. The van der Waals surface area contributed by atoms with Crippen LogP contribution in [0.4, 0.5) is 0 Å². The van der Waals surface area contributed by atoms with Crippen LogP contribution in [0.3, 0.4) is 0 Å². The lowest BCUT2D eigenvalue weighted by Crippen LogP contribution is -2.43. The van der Waals surface area contributed by atoms with E-state index in [9.17, 15) is 4.79 Å². The number of nitrogens with one attached hydrogen (secondary N) is 1. The third kappa shape index (κ3) is 5.99. The summed E-state index contributed by atoms with van der Waals surface area (Å²) in [6.45, 7) is 7.04. The van der Waals surface area contributed by atoms with Crippen LogP contribution in [0.5, 0.6) is 0 Å². The molecule has 1 saturated heterocycles. The summed E-state index contributed by atoms with van der Waals surface area (Å²) in [6.07, 6.45) is 1.92. The zero-order chi connectivity index (χ0) is 22.3. The van der Waals surface area contributed by atoms with E-state index in [1.54, 1.807) is 11.8 Å². The van der Waals surface area contributed by atoms with Gasteiger partial charge >= 0.3 is 0 Å². The van der Waals surface area contributed by atoms with Crippen LogP contribution in [0.15, 0.2) is 57.9 Å². The number of hydrogen-bond acceptors (Lipinski definition) is 6. The van der Waals surface area contributed by atoms with Gasteiger partial charge in [0.25, 0.3) is 0 Å². The molecule has 1 atom stereocenters. The molecule has 4 rings (SSSR count). The lowest BCUT2D eigenvalue weighted by molar-refractivity contribution is -0.126. The van der Waals surface area contributed by atoms with Gasteiger partial charge in [-0.05, 0) is 50.9 Å². The van der Waals surface area contributed by atoms with Gasteiger partial charge in [-0.15, -0.1) is 11.8 Å². The number of carbonyl (C=O) groups is 1. The van der Waals surface area contributed by atoms with Crippen LogP contribution >= 0.6 is 11.8 Å². The van der Waals surface area contributed by atoms with Gasteiger partial charge in [-0.3, -0.25) is 9.69 Å². The molecule has 2 heterocycles. The molecule has 1 fully saturated rings. The molecule has 0 bridgehead atoms. The predicted molar refractivity (Wildman–Crippen MR) is 127 cm³/mol. The van der Waals surface area contributed by atoms with Gasteiger partial charge < -0.3 is 9.84 Å². The van der Waals surface area contributed by atoms with Crippen molar-refractivity contribution in [2.24, 2.45) is 5.92 Å². The average Bonchev–Trinajstić information content (AvgIpc) is 3.26. The second kappa shape index (κ2) is 10.8. The summed E-state index contributed by atoms with van der Waals surface area (Å²) in [7, 11) is 0. The molecule has 1 aliphatic rings. The molecule has 1 aromatic heterocycles. The summed E-state index contributed by atoms with van der Waals surface area (Å²) in [5.74, 6) is 2.24. The molecule has 1 aliphatic heterocycles. The quantitative estimate of drug-likeness (QED) is 0.403. The van der Waals surface area contributed by atoms with Crippen LogP contribution in [0.25, 0.3) is 11.4 Å². The minimum Gasteiger partial charge on any atom is -0.355 e. The van der Waals surface area contributed by atoms with Crippen molar-refractivity contribution in [2.45, 2.75) is 38.1 Å². The molecule has 3 aromatic rings. The zero-order valence-corrected chi connectivity index (χ0v) is 19.5. The highest BCUT2D eigenvalue weighted by molar-refractivity contribution is 7.99. The second-order valence-corrected chi connectivity index (χ2v) is 9.52. The van der Waals surface area contributed by atoms with Gasteiger partial charge in [-0.25, -0.2) is 0 Å². The van der Waals surface area contributed by atoms with Crippen molar-refractivity contribution in [2.75, 3.05) is 25.4 Å². The number of amides is 1. The number of hydrogen-bond donors (Lipinski definition) is 1. The molecular weight excluding hydrogens is 420 g/mol. The van der Waals surface area contributed by atoms with Gasteiger partial charge in [0, 0.05) is 29.3 Å². The van der Waals surface area contributed by atoms with Crippen LogP contribution in [0, 0.1) is 19.8 Å². The Morgan fingerprint density at radius 3 is 2.81 bits per heavy atom. The molecule has 1 N–H and O–H groups in total. The molecule has 0 spiro atoms. The minimum absolute atomic E-state index is 0.00637. The average molecular weight is 451 g/mol. The number of aryl methyl sites for hydroxylation is 2. The van der Waals surface area contributed by atoms with Gasteiger partial charge in [0.05, 0.1) is 12.5 Å². The first kappa shape index (κ1) is 22.6. The van der Waals surface area contributed by atoms with Crippen LogP contribution in [-0.2, 0) is 11.3 Å². The lowest BCUT2D eigenvalue weighted by atomic mass is 9.97. The van der Waals surface area contributed by atoms with E-state index < -0.39 is 0 Å². The van der Waals surface area contributed by atoms with E-state index in [0.717, 1.165) is 42.8 Å². The molecule has 1 amide bonds. The Morgan fingerprint density at radius 2 is 2.00 bits per heavy atom. The predicted octanol–water partition coefficient (Wildman–Crippen LogP) is 4.47. The molecule has 0 saturated carbocycles. The summed E-state index contributed by atoms with van der Waals surface area (Å²) >= 11 is 1.77. The summed E-state index contributed by atoms with van der Waals surface area (Å²) in [6, 6.07) is 16.5. The van der Waals surface area contributed by atoms with Gasteiger partial charge in [0.1, 0.15) is 0 Å². The van der Waals surface area contributed by atoms with Gasteiger partial charge in [-0.1, -0.05) is 47.1 Å². The molecule has 0 aliphatic carbocycles. The number of nitrogens with zero attached hydrogens (tertiary/aromatic N) is 3. The maximum Gasteiger partial charge on any atom is 0.241 e. The van der Waals surface area contributed by atoms with Crippen LogP contribution < -0.4 is 5.32 Å². The smallest absolute Gasteiger partial charge is 0.241 e. The third-order valence-electron chi connectivity index (χ3n) is 5.78. The Balaban J connectivity index is 1.24. The fourth-order valence-electron chi connectivity index (χ4n) is 3.98. The highest BCUT2D eigenvalue weighted by Crippen LogP contribution is 2.22. The van der Waals surface area contributed by atoms with Gasteiger partial charge in [0.15, 0.2) is 0 Å². The first-order valence-corrected chi connectivity index (χ1v) is 12.1. The Hall–Kier alpha value is -2.64. The monoisotopic (exact) mass is 450 g/mol. The van der Waals surface area contributed by atoms with Crippen molar-refractivity contribution in [1.82, 2.24) is 20.4 Å². The Morgan fingerprint density at radius 1 is 1.19 bits per heavy atom. The molecular formula is C25H30N4O2S. The van der Waals surface area contributed by atoms with Crippen LogP contribution in [0.1, 0.15) is 29.9 Å². The molecule has 7 heteroatoms. The number of rotatable bonds is 8. The number of carbonyl (C=O) groups excluding carboxylic acids is 1. The normalized spacial score (nSPS) is 16.8. The van der Waals surface area contributed by atoms with Crippen molar-refractivity contribution < 1.29 is 9.32 Å². The van der Waals surface area contributed by atoms with E-state index in [1.807, 2.05) is 31.2 Å². The first-order chi connectivity index (χ1) is 15.6.